The minimum atomic E-state index is -0.144. The van der Waals surface area contributed by atoms with E-state index >= 15 is 0 Å². The van der Waals surface area contributed by atoms with Gasteiger partial charge in [-0.2, -0.15) is 4.98 Å². The standard InChI is InChI=1S/C19H18N6O2S/c1-10-22-15-14(26)8-12-9-21-19(24-16(12)25(3)18(15)28-10)23-13-6-4-11(5-7-13)17(27)20-2/h4-7,9H,8H2,1-3H3,(H,20,27)(H,21,23,24). The quantitative estimate of drug-likeness (QED) is 0.704. The summed E-state index contributed by atoms with van der Waals surface area (Å²) in [6.07, 6.45) is 1.89. The van der Waals surface area contributed by atoms with E-state index in [-0.39, 0.29) is 18.1 Å². The number of anilines is 4. The van der Waals surface area contributed by atoms with Crippen molar-refractivity contribution < 1.29 is 9.59 Å². The van der Waals surface area contributed by atoms with Crippen LogP contribution in [0.5, 0.6) is 0 Å². The molecule has 28 heavy (non-hydrogen) atoms. The number of carbonyl (C=O) groups is 2. The van der Waals surface area contributed by atoms with Crippen LogP contribution in [0.25, 0.3) is 0 Å². The largest absolute Gasteiger partial charge is 0.355 e. The Balaban J connectivity index is 1.64. The fraction of sp³-hybridized carbons (Fsp3) is 0.211. The van der Waals surface area contributed by atoms with Crippen molar-refractivity contribution in [2.24, 2.45) is 0 Å². The van der Waals surface area contributed by atoms with Gasteiger partial charge in [-0.25, -0.2) is 9.97 Å². The van der Waals surface area contributed by atoms with E-state index < -0.39 is 0 Å². The van der Waals surface area contributed by atoms with Crippen molar-refractivity contribution in [3.05, 3.63) is 52.3 Å². The number of aryl methyl sites for hydroxylation is 1. The Morgan fingerprint density at radius 3 is 2.68 bits per heavy atom. The maximum atomic E-state index is 12.5. The highest BCUT2D eigenvalue weighted by molar-refractivity contribution is 7.16. The normalized spacial score (nSPS) is 12.8. The molecule has 0 fully saturated rings. The summed E-state index contributed by atoms with van der Waals surface area (Å²) < 4.78 is 0. The molecular weight excluding hydrogens is 376 g/mol. The van der Waals surface area contributed by atoms with Crippen molar-refractivity contribution >= 4 is 45.5 Å². The second-order valence-corrected chi connectivity index (χ2v) is 7.55. The third kappa shape index (κ3) is 3.20. The Hall–Kier alpha value is -3.33. The maximum absolute atomic E-state index is 12.5. The molecule has 0 spiro atoms. The monoisotopic (exact) mass is 394 g/mol. The van der Waals surface area contributed by atoms with E-state index in [9.17, 15) is 9.59 Å². The number of benzene rings is 1. The zero-order valence-corrected chi connectivity index (χ0v) is 16.4. The fourth-order valence-electron chi connectivity index (χ4n) is 3.03. The fourth-order valence-corrected chi connectivity index (χ4v) is 3.93. The zero-order valence-electron chi connectivity index (χ0n) is 15.6. The predicted molar refractivity (Wildman–Crippen MR) is 108 cm³/mol. The van der Waals surface area contributed by atoms with Crippen LogP contribution in [-0.4, -0.2) is 40.7 Å². The van der Waals surface area contributed by atoms with Crippen molar-refractivity contribution in [2.75, 3.05) is 24.3 Å². The van der Waals surface area contributed by atoms with Crippen molar-refractivity contribution in [1.82, 2.24) is 20.3 Å². The van der Waals surface area contributed by atoms with E-state index in [0.29, 0.717) is 23.0 Å². The Kier molecular flexibility index (Phi) is 4.52. The van der Waals surface area contributed by atoms with E-state index in [0.717, 1.165) is 21.3 Å². The van der Waals surface area contributed by atoms with Gasteiger partial charge in [0, 0.05) is 43.5 Å². The Labute approximate surface area is 165 Å². The zero-order chi connectivity index (χ0) is 19.8. The molecule has 3 heterocycles. The van der Waals surface area contributed by atoms with E-state index in [1.165, 1.54) is 11.3 Å². The van der Waals surface area contributed by atoms with Crippen LogP contribution in [0.15, 0.2) is 30.5 Å². The molecule has 1 amide bonds. The summed E-state index contributed by atoms with van der Waals surface area (Å²) in [5.74, 6) is 0.916. The molecule has 1 aliphatic heterocycles. The lowest BCUT2D eigenvalue weighted by Gasteiger charge is -2.18. The molecule has 1 aromatic carbocycles. The third-order valence-electron chi connectivity index (χ3n) is 4.43. The predicted octanol–water partition coefficient (Wildman–Crippen LogP) is 2.85. The first-order chi connectivity index (χ1) is 13.5. The second-order valence-electron chi connectivity index (χ2n) is 6.37. The van der Waals surface area contributed by atoms with Crippen LogP contribution in [0, 0.1) is 6.92 Å². The molecule has 3 aromatic rings. The summed E-state index contributed by atoms with van der Waals surface area (Å²) in [6, 6.07) is 7.03. The lowest BCUT2D eigenvalue weighted by atomic mass is 10.1. The number of fused-ring (bicyclic) bond motifs is 2. The van der Waals surface area contributed by atoms with Gasteiger partial charge in [-0.3, -0.25) is 9.59 Å². The highest BCUT2D eigenvalue weighted by Gasteiger charge is 2.28. The highest BCUT2D eigenvalue weighted by Crippen LogP contribution is 2.37. The number of hydrogen-bond donors (Lipinski definition) is 2. The molecule has 2 aromatic heterocycles. The molecule has 9 heteroatoms. The van der Waals surface area contributed by atoms with Crippen molar-refractivity contribution in [1.29, 1.82) is 0 Å². The molecule has 0 saturated heterocycles. The molecule has 0 saturated carbocycles. The topological polar surface area (TPSA) is 100 Å². The van der Waals surface area contributed by atoms with Gasteiger partial charge < -0.3 is 15.5 Å². The number of thiazole rings is 1. The summed E-state index contributed by atoms with van der Waals surface area (Å²) in [4.78, 5) is 39.4. The molecule has 1 aliphatic rings. The maximum Gasteiger partial charge on any atom is 0.251 e. The van der Waals surface area contributed by atoms with Gasteiger partial charge in [-0.05, 0) is 31.2 Å². The van der Waals surface area contributed by atoms with Gasteiger partial charge in [-0.15, -0.1) is 11.3 Å². The summed E-state index contributed by atoms with van der Waals surface area (Å²) in [5.41, 5.74) is 2.58. The van der Waals surface area contributed by atoms with Gasteiger partial charge in [0.2, 0.25) is 5.95 Å². The molecule has 0 bridgehead atoms. The number of nitrogens with zero attached hydrogens (tertiary/aromatic N) is 4. The first-order valence-electron chi connectivity index (χ1n) is 8.65. The van der Waals surface area contributed by atoms with Crippen molar-refractivity contribution in [2.45, 2.75) is 13.3 Å². The first-order valence-corrected chi connectivity index (χ1v) is 9.47. The number of rotatable bonds is 3. The number of nitrogens with one attached hydrogen (secondary N) is 2. The Morgan fingerprint density at radius 1 is 1.21 bits per heavy atom. The van der Waals surface area contributed by atoms with E-state index in [1.807, 2.05) is 18.9 Å². The summed E-state index contributed by atoms with van der Waals surface area (Å²) in [6.45, 7) is 1.89. The van der Waals surface area contributed by atoms with Crippen LogP contribution in [0.4, 0.5) is 22.5 Å². The molecular formula is C19H18N6O2S. The molecule has 0 unspecified atom stereocenters. The third-order valence-corrected chi connectivity index (χ3v) is 5.47. The molecule has 142 valence electrons. The number of hydrogen-bond acceptors (Lipinski definition) is 8. The van der Waals surface area contributed by atoms with Gasteiger partial charge in [0.15, 0.2) is 5.78 Å². The molecule has 2 N–H and O–H groups in total. The summed E-state index contributed by atoms with van der Waals surface area (Å²) >= 11 is 1.47. The molecule has 8 nitrogen and oxygen atoms in total. The average Bonchev–Trinajstić information content (AvgIpc) is 3.06. The van der Waals surface area contributed by atoms with Crippen molar-refractivity contribution in [3.8, 4) is 0 Å². The lowest BCUT2D eigenvalue weighted by Crippen LogP contribution is -2.17. The van der Waals surface area contributed by atoms with Crippen LogP contribution < -0.4 is 15.5 Å². The van der Waals surface area contributed by atoms with Crippen LogP contribution in [-0.2, 0) is 6.42 Å². The molecule has 0 aliphatic carbocycles. The average molecular weight is 394 g/mol. The SMILES string of the molecule is CNC(=O)c1ccc(Nc2ncc3c(n2)N(C)c2sc(C)nc2C(=O)C3)cc1. The number of amides is 1. The van der Waals surface area contributed by atoms with E-state index in [2.05, 4.69) is 25.6 Å². The van der Waals surface area contributed by atoms with Gasteiger partial charge in [-0.1, -0.05) is 0 Å². The van der Waals surface area contributed by atoms with E-state index in [4.69, 9.17) is 0 Å². The second kappa shape index (κ2) is 7.01. The van der Waals surface area contributed by atoms with Gasteiger partial charge in [0.25, 0.3) is 5.91 Å². The van der Waals surface area contributed by atoms with Gasteiger partial charge in [0.1, 0.15) is 16.5 Å². The van der Waals surface area contributed by atoms with Crippen LogP contribution >= 0.6 is 11.3 Å². The number of aromatic nitrogens is 3. The minimum Gasteiger partial charge on any atom is -0.355 e. The van der Waals surface area contributed by atoms with Crippen molar-refractivity contribution in [3.63, 3.8) is 0 Å². The van der Waals surface area contributed by atoms with Crippen LogP contribution in [0.2, 0.25) is 0 Å². The summed E-state index contributed by atoms with van der Waals surface area (Å²) in [5, 5.41) is 7.37. The lowest BCUT2D eigenvalue weighted by molar-refractivity contribution is 0.0961. The smallest absolute Gasteiger partial charge is 0.251 e. The number of Topliss-reactive ketones (excluding diaryl/α,β-unsaturated/α-hetero) is 1. The number of carbonyl (C=O) groups excluding carboxylic acids is 2. The van der Waals surface area contributed by atoms with Crippen LogP contribution in [0.3, 0.4) is 0 Å². The molecule has 0 radical (unpaired) electrons. The van der Waals surface area contributed by atoms with Gasteiger partial charge in [0.05, 0.1) is 5.01 Å². The van der Waals surface area contributed by atoms with E-state index in [1.54, 1.807) is 37.5 Å². The molecule has 4 rings (SSSR count). The summed E-state index contributed by atoms with van der Waals surface area (Å²) in [7, 11) is 3.47. The highest BCUT2D eigenvalue weighted by atomic mass is 32.1. The molecule has 0 atom stereocenters. The van der Waals surface area contributed by atoms with Crippen LogP contribution in [0.1, 0.15) is 31.4 Å². The minimum absolute atomic E-state index is 0.0287. The number of ketones is 1. The Morgan fingerprint density at radius 2 is 1.96 bits per heavy atom. The Bertz CT molecular complexity index is 1080. The van der Waals surface area contributed by atoms with Gasteiger partial charge >= 0.3 is 0 Å². The first kappa shape index (κ1) is 18.1.